The second-order valence-corrected chi connectivity index (χ2v) is 4.51. The van der Waals surface area contributed by atoms with E-state index in [9.17, 15) is 0 Å². The van der Waals surface area contributed by atoms with Gasteiger partial charge in [-0.3, -0.25) is 4.98 Å². The normalized spacial score (nSPS) is 10.1. The molecule has 0 aliphatic rings. The van der Waals surface area contributed by atoms with Crippen LogP contribution in [-0.2, 0) is 6.54 Å². The molecule has 0 aliphatic heterocycles. The van der Waals surface area contributed by atoms with E-state index in [-0.39, 0.29) is 0 Å². The zero-order valence-electron chi connectivity index (χ0n) is 10.2. The van der Waals surface area contributed by atoms with Gasteiger partial charge in [0.05, 0.1) is 12.2 Å². The van der Waals surface area contributed by atoms with Crippen molar-refractivity contribution in [3.05, 3.63) is 59.4 Å². The minimum atomic E-state index is 0.418. The van der Waals surface area contributed by atoms with E-state index in [4.69, 9.17) is 18.0 Å². The van der Waals surface area contributed by atoms with Gasteiger partial charge < -0.3 is 11.1 Å². The van der Waals surface area contributed by atoms with Crippen LogP contribution in [0.2, 0.25) is 0 Å². The first-order valence-electron chi connectivity index (χ1n) is 5.71. The molecule has 1 heterocycles. The Bertz CT molecular complexity index is 549. The molecule has 0 amide bonds. The molecule has 0 bridgehead atoms. The molecule has 18 heavy (non-hydrogen) atoms. The highest BCUT2D eigenvalue weighted by Crippen LogP contribution is 2.10. The SMILES string of the molecule is Cc1cccc(CNc2ccc(C(N)=S)cc2)n1. The number of aryl methyl sites for hydroxylation is 1. The fraction of sp³-hybridized carbons (Fsp3) is 0.143. The van der Waals surface area contributed by atoms with Crippen LogP contribution >= 0.6 is 12.2 Å². The predicted octanol–water partition coefficient (Wildman–Crippen LogP) is 2.64. The lowest BCUT2D eigenvalue weighted by Gasteiger charge is -2.07. The van der Waals surface area contributed by atoms with E-state index in [1.165, 1.54) is 0 Å². The third-order valence-electron chi connectivity index (χ3n) is 2.59. The van der Waals surface area contributed by atoms with E-state index in [1.807, 2.05) is 49.4 Å². The fourth-order valence-corrected chi connectivity index (χ4v) is 1.78. The summed E-state index contributed by atoms with van der Waals surface area (Å²) in [7, 11) is 0. The molecule has 0 atom stereocenters. The molecule has 0 saturated heterocycles. The first kappa shape index (κ1) is 12.5. The van der Waals surface area contributed by atoms with E-state index in [0.29, 0.717) is 11.5 Å². The highest BCUT2D eigenvalue weighted by molar-refractivity contribution is 7.80. The Labute approximate surface area is 112 Å². The van der Waals surface area contributed by atoms with E-state index >= 15 is 0 Å². The molecule has 1 aromatic carbocycles. The molecule has 0 saturated carbocycles. The molecule has 2 aromatic rings. The zero-order valence-corrected chi connectivity index (χ0v) is 11.0. The minimum Gasteiger partial charge on any atom is -0.389 e. The summed E-state index contributed by atoms with van der Waals surface area (Å²) in [4.78, 5) is 4.85. The summed E-state index contributed by atoms with van der Waals surface area (Å²) in [6.45, 7) is 2.69. The molecular formula is C14H15N3S. The number of pyridine rings is 1. The van der Waals surface area contributed by atoms with Crippen LogP contribution in [-0.4, -0.2) is 9.97 Å². The average Bonchev–Trinajstić information content (AvgIpc) is 2.37. The van der Waals surface area contributed by atoms with E-state index in [2.05, 4.69) is 10.3 Å². The third-order valence-corrected chi connectivity index (χ3v) is 2.82. The number of nitrogens with zero attached hydrogens (tertiary/aromatic N) is 1. The Morgan fingerprint density at radius 2 is 1.94 bits per heavy atom. The van der Waals surface area contributed by atoms with Crippen LogP contribution in [0.15, 0.2) is 42.5 Å². The van der Waals surface area contributed by atoms with Crippen molar-refractivity contribution in [2.75, 3.05) is 5.32 Å². The number of thiocarbonyl (C=S) groups is 1. The lowest BCUT2D eigenvalue weighted by molar-refractivity contribution is 1.02. The van der Waals surface area contributed by atoms with Gasteiger partial charge in [0, 0.05) is 16.9 Å². The van der Waals surface area contributed by atoms with Gasteiger partial charge in [-0.15, -0.1) is 0 Å². The standard InChI is InChI=1S/C14H15N3S/c1-10-3-2-4-13(17-10)9-16-12-7-5-11(6-8-12)14(15)18/h2-8,16H,9H2,1H3,(H2,15,18). The molecule has 1 aromatic heterocycles. The van der Waals surface area contributed by atoms with Crippen molar-refractivity contribution in [2.45, 2.75) is 13.5 Å². The number of nitrogens with two attached hydrogens (primary N) is 1. The van der Waals surface area contributed by atoms with Crippen LogP contribution in [0.4, 0.5) is 5.69 Å². The van der Waals surface area contributed by atoms with Crippen molar-refractivity contribution in [1.82, 2.24) is 4.98 Å². The quantitative estimate of drug-likeness (QED) is 0.827. The van der Waals surface area contributed by atoms with Crippen molar-refractivity contribution < 1.29 is 0 Å². The second-order valence-electron chi connectivity index (χ2n) is 4.07. The maximum absolute atomic E-state index is 5.55. The Morgan fingerprint density at radius 3 is 2.56 bits per heavy atom. The monoisotopic (exact) mass is 257 g/mol. The van der Waals surface area contributed by atoms with Crippen molar-refractivity contribution in [2.24, 2.45) is 5.73 Å². The molecule has 0 fully saturated rings. The zero-order chi connectivity index (χ0) is 13.0. The summed E-state index contributed by atoms with van der Waals surface area (Å²) in [6, 6.07) is 13.7. The number of nitrogens with one attached hydrogen (secondary N) is 1. The van der Waals surface area contributed by atoms with Crippen LogP contribution < -0.4 is 11.1 Å². The van der Waals surface area contributed by atoms with Crippen molar-refractivity contribution in [3.8, 4) is 0 Å². The molecule has 4 heteroatoms. The second kappa shape index (κ2) is 5.60. The Balaban J connectivity index is 2.00. The van der Waals surface area contributed by atoms with E-state index in [0.717, 1.165) is 22.6 Å². The third kappa shape index (κ3) is 3.28. The topological polar surface area (TPSA) is 50.9 Å². The summed E-state index contributed by atoms with van der Waals surface area (Å²) in [6.07, 6.45) is 0. The average molecular weight is 257 g/mol. The highest BCUT2D eigenvalue weighted by atomic mass is 32.1. The van der Waals surface area contributed by atoms with Crippen molar-refractivity contribution >= 4 is 22.9 Å². The summed E-state index contributed by atoms with van der Waals surface area (Å²) in [5.74, 6) is 0. The minimum absolute atomic E-state index is 0.418. The Hall–Kier alpha value is -1.94. The molecule has 0 radical (unpaired) electrons. The number of anilines is 1. The van der Waals surface area contributed by atoms with Crippen LogP contribution in [0.3, 0.4) is 0 Å². The lowest BCUT2D eigenvalue weighted by atomic mass is 10.2. The van der Waals surface area contributed by atoms with Crippen LogP contribution in [0.5, 0.6) is 0 Å². The first-order chi connectivity index (χ1) is 8.65. The number of hydrogen-bond donors (Lipinski definition) is 2. The van der Waals surface area contributed by atoms with Crippen LogP contribution in [0.25, 0.3) is 0 Å². The van der Waals surface area contributed by atoms with Crippen molar-refractivity contribution in [1.29, 1.82) is 0 Å². The van der Waals surface area contributed by atoms with Gasteiger partial charge in [0.25, 0.3) is 0 Å². The molecule has 0 unspecified atom stereocenters. The lowest BCUT2D eigenvalue weighted by Crippen LogP contribution is -2.09. The van der Waals surface area contributed by atoms with Gasteiger partial charge in [0.2, 0.25) is 0 Å². The van der Waals surface area contributed by atoms with Crippen LogP contribution in [0.1, 0.15) is 17.0 Å². The van der Waals surface area contributed by atoms with Crippen LogP contribution in [0, 0.1) is 6.92 Å². The summed E-state index contributed by atoms with van der Waals surface area (Å²) < 4.78 is 0. The fourth-order valence-electron chi connectivity index (χ4n) is 1.64. The van der Waals surface area contributed by atoms with Gasteiger partial charge in [-0.2, -0.15) is 0 Å². The maximum Gasteiger partial charge on any atom is 0.103 e. The molecule has 92 valence electrons. The molecule has 0 spiro atoms. The Morgan fingerprint density at radius 1 is 1.22 bits per heavy atom. The van der Waals surface area contributed by atoms with Gasteiger partial charge in [-0.05, 0) is 43.3 Å². The summed E-state index contributed by atoms with van der Waals surface area (Å²) in [5.41, 5.74) is 9.50. The van der Waals surface area contributed by atoms with Gasteiger partial charge in [-0.25, -0.2) is 0 Å². The molecule has 2 rings (SSSR count). The van der Waals surface area contributed by atoms with Crippen molar-refractivity contribution in [3.63, 3.8) is 0 Å². The number of rotatable bonds is 4. The number of aromatic nitrogens is 1. The smallest absolute Gasteiger partial charge is 0.103 e. The largest absolute Gasteiger partial charge is 0.389 e. The summed E-state index contributed by atoms with van der Waals surface area (Å²) >= 11 is 4.91. The molecule has 0 aliphatic carbocycles. The number of benzene rings is 1. The summed E-state index contributed by atoms with van der Waals surface area (Å²) in [5, 5.41) is 3.31. The maximum atomic E-state index is 5.55. The van der Waals surface area contributed by atoms with Gasteiger partial charge in [0.1, 0.15) is 4.99 Å². The van der Waals surface area contributed by atoms with E-state index < -0.39 is 0 Å². The van der Waals surface area contributed by atoms with Gasteiger partial charge in [-0.1, -0.05) is 18.3 Å². The molecule has 3 nitrogen and oxygen atoms in total. The molecule has 3 N–H and O–H groups in total. The molecular weight excluding hydrogens is 242 g/mol. The number of hydrogen-bond acceptors (Lipinski definition) is 3. The predicted molar refractivity (Wildman–Crippen MR) is 78.6 cm³/mol. The first-order valence-corrected chi connectivity index (χ1v) is 6.12. The van der Waals surface area contributed by atoms with Gasteiger partial charge in [0.15, 0.2) is 0 Å². The van der Waals surface area contributed by atoms with E-state index in [1.54, 1.807) is 0 Å². The highest BCUT2D eigenvalue weighted by Gasteiger charge is 1.98. The van der Waals surface area contributed by atoms with Gasteiger partial charge >= 0.3 is 0 Å². The Kier molecular flexibility index (Phi) is 3.89.